The maximum Gasteiger partial charge on any atom is 0.317 e. The molecule has 0 aromatic carbocycles. The van der Waals surface area contributed by atoms with Gasteiger partial charge in [-0.25, -0.2) is 0 Å². The predicted molar refractivity (Wildman–Crippen MR) is 57.2 cm³/mol. The van der Waals surface area contributed by atoms with E-state index in [9.17, 15) is 9.59 Å². The van der Waals surface area contributed by atoms with E-state index in [4.69, 9.17) is 4.74 Å². The van der Waals surface area contributed by atoms with Gasteiger partial charge in [0.05, 0.1) is 7.11 Å². The lowest BCUT2D eigenvalue weighted by Gasteiger charge is -2.16. The molecule has 0 spiro atoms. The fourth-order valence-electron chi connectivity index (χ4n) is 2.06. The zero-order valence-electron chi connectivity index (χ0n) is 9.59. The van der Waals surface area contributed by atoms with Gasteiger partial charge in [0.15, 0.2) is 5.78 Å². The van der Waals surface area contributed by atoms with Gasteiger partial charge in [-0.2, -0.15) is 0 Å². The van der Waals surface area contributed by atoms with Crippen LogP contribution in [-0.2, 0) is 14.3 Å². The number of esters is 1. The van der Waals surface area contributed by atoms with Crippen molar-refractivity contribution in [1.29, 1.82) is 0 Å². The number of ketones is 1. The summed E-state index contributed by atoms with van der Waals surface area (Å²) in [6.45, 7) is 9.34. The van der Waals surface area contributed by atoms with Crippen LogP contribution in [0.25, 0.3) is 0 Å². The molecule has 0 radical (unpaired) electrons. The first-order valence-corrected chi connectivity index (χ1v) is 4.93. The molecular weight excluding hydrogens is 192 g/mol. The van der Waals surface area contributed by atoms with E-state index in [2.05, 4.69) is 6.58 Å². The Kier molecular flexibility index (Phi) is 3.12. The molecule has 0 saturated heterocycles. The van der Waals surface area contributed by atoms with Crippen molar-refractivity contribution in [3.63, 3.8) is 0 Å². The second-order valence-electron chi connectivity index (χ2n) is 4.05. The zero-order chi connectivity index (χ0) is 11.7. The van der Waals surface area contributed by atoms with Crippen LogP contribution in [-0.4, -0.2) is 18.9 Å². The number of hydrogen-bond acceptors (Lipinski definition) is 3. The Bertz CT molecular complexity index is 361. The number of carbonyl (C=O) groups excluding carboxylic acids is 2. The third-order valence-electron chi connectivity index (χ3n) is 2.78. The lowest BCUT2D eigenvalue weighted by atomic mass is 9.89. The third-order valence-corrected chi connectivity index (χ3v) is 2.78. The molecule has 82 valence electrons. The van der Waals surface area contributed by atoms with Gasteiger partial charge in [0.1, 0.15) is 5.92 Å². The fraction of sp³-hybridized carbons (Fsp3) is 0.500. The molecule has 0 amide bonds. The molecule has 3 nitrogen and oxygen atoms in total. The zero-order valence-corrected chi connectivity index (χ0v) is 9.59. The van der Waals surface area contributed by atoms with E-state index in [1.54, 1.807) is 6.92 Å². The first kappa shape index (κ1) is 11.7. The Hall–Kier alpha value is -1.38. The summed E-state index contributed by atoms with van der Waals surface area (Å²) in [6.07, 6.45) is 0. The van der Waals surface area contributed by atoms with E-state index in [1.165, 1.54) is 7.11 Å². The second kappa shape index (κ2) is 4.01. The van der Waals surface area contributed by atoms with Gasteiger partial charge in [-0.05, 0) is 24.0 Å². The van der Waals surface area contributed by atoms with Gasteiger partial charge in [0, 0.05) is 5.57 Å². The van der Waals surface area contributed by atoms with E-state index >= 15 is 0 Å². The molecule has 0 heterocycles. The van der Waals surface area contributed by atoms with Crippen molar-refractivity contribution >= 4 is 11.8 Å². The summed E-state index contributed by atoms with van der Waals surface area (Å²) in [5.74, 6) is -0.928. The molecule has 1 aliphatic carbocycles. The minimum absolute atomic E-state index is 0.117. The van der Waals surface area contributed by atoms with Crippen molar-refractivity contribution in [1.82, 2.24) is 0 Å². The molecule has 1 atom stereocenters. The maximum atomic E-state index is 11.7. The Morgan fingerprint density at radius 1 is 1.47 bits per heavy atom. The summed E-state index contributed by atoms with van der Waals surface area (Å²) in [5.41, 5.74) is 1.82. The molecule has 0 bridgehead atoms. The standard InChI is InChI=1S/C12H16O3/c1-6(2)9-7(3)11(13)8(4)10(9)12(14)15-5/h6,10H,4H2,1-3,5H3. The molecule has 1 unspecified atom stereocenters. The van der Waals surface area contributed by atoms with Gasteiger partial charge >= 0.3 is 5.97 Å². The highest BCUT2D eigenvalue weighted by Gasteiger charge is 2.39. The minimum atomic E-state index is -0.567. The van der Waals surface area contributed by atoms with Gasteiger partial charge < -0.3 is 4.74 Å². The van der Waals surface area contributed by atoms with Gasteiger partial charge in [0.2, 0.25) is 0 Å². The normalized spacial score (nSPS) is 21.5. The van der Waals surface area contributed by atoms with Crippen molar-refractivity contribution in [2.75, 3.05) is 7.11 Å². The molecule has 0 aromatic rings. The number of hydrogen-bond donors (Lipinski definition) is 0. The van der Waals surface area contributed by atoms with E-state index in [1.807, 2.05) is 13.8 Å². The summed E-state index contributed by atoms with van der Waals surface area (Å²) in [6, 6.07) is 0. The largest absolute Gasteiger partial charge is 0.468 e. The number of Topliss-reactive ketones (excluding diaryl/α,β-unsaturated/α-hetero) is 1. The van der Waals surface area contributed by atoms with Crippen LogP contribution in [0.5, 0.6) is 0 Å². The monoisotopic (exact) mass is 208 g/mol. The Balaban J connectivity index is 3.21. The fourth-order valence-corrected chi connectivity index (χ4v) is 2.06. The molecule has 0 aliphatic heterocycles. The van der Waals surface area contributed by atoms with Gasteiger partial charge in [0.25, 0.3) is 0 Å². The van der Waals surface area contributed by atoms with Crippen molar-refractivity contribution in [2.45, 2.75) is 20.8 Å². The van der Waals surface area contributed by atoms with Crippen LogP contribution in [0, 0.1) is 11.8 Å². The summed E-state index contributed by atoms with van der Waals surface area (Å²) in [4.78, 5) is 23.2. The van der Waals surface area contributed by atoms with Crippen LogP contribution >= 0.6 is 0 Å². The molecule has 0 saturated carbocycles. The smallest absolute Gasteiger partial charge is 0.317 e. The Morgan fingerprint density at radius 2 is 2.00 bits per heavy atom. The highest BCUT2D eigenvalue weighted by molar-refractivity contribution is 6.15. The van der Waals surface area contributed by atoms with Crippen molar-refractivity contribution < 1.29 is 14.3 Å². The SMILES string of the molecule is C=C1C(=O)C(C)=C(C(C)C)C1C(=O)OC. The number of ether oxygens (including phenoxy) is 1. The van der Waals surface area contributed by atoms with E-state index < -0.39 is 11.9 Å². The maximum absolute atomic E-state index is 11.7. The predicted octanol–water partition coefficient (Wildman–Crippen LogP) is 1.89. The highest BCUT2D eigenvalue weighted by atomic mass is 16.5. The van der Waals surface area contributed by atoms with Gasteiger partial charge in [-0.3, -0.25) is 9.59 Å². The molecule has 3 heteroatoms. The first-order valence-electron chi connectivity index (χ1n) is 4.93. The molecule has 1 rings (SSSR count). The van der Waals surface area contributed by atoms with Crippen LogP contribution in [0.1, 0.15) is 20.8 Å². The van der Waals surface area contributed by atoms with E-state index in [0.29, 0.717) is 11.1 Å². The third kappa shape index (κ3) is 1.74. The summed E-state index contributed by atoms with van der Waals surface area (Å²) in [7, 11) is 1.33. The van der Waals surface area contributed by atoms with Crippen LogP contribution in [0.2, 0.25) is 0 Å². The molecule has 15 heavy (non-hydrogen) atoms. The van der Waals surface area contributed by atoms with Gasteiger partial charge in [-0.15, -0.1) is 0 Å². The number of carbonyl (C=O) groups is 2. The van der Waals surface area contributed by atoms with Crippen LogP contribution in [0.15, 0.2) is 23.3 Å². The summed E-state index contributed by atoms with van der Waals surface area (Å²) < 4.78 is 4.70. The lowest BCUT2D eigenvalue weighted by Crippen LogP contribution is -2.20. The highest BCUT2D eigenvalue weighted by Crippen LogP contribution is 2.37. The Labute approximate surface area is 89.8 Å². The summed E-state index contributed by atoms with van der Waals surface area (Å²) in [5, 5.41) is 0. The molecule has 1 aliphatic rings. The molecule has 0 aromatic heterocycles. The quantitative estimate of drug-likeness (QED) is 0.514. The lowest BCUT2D eigenvalue weighted by molar-refractivity contribution is -0.143. The topological polar surface area (TPSA) is 43.4 Å². The average molecular weight is 208 g/mol. The molecular formula is C12H16O3. The molecule has 0 fully saturated rings. The van der Waals surface area contributed by atoms with Crippen molar-refractivity contribution in [2.24, 2.45) is 11.8 Å². The number of methoxy groups -OCH3 is 1. The van der Waals surface area contributed by atoms with Gasteiger partial charge in [-0.1, -0.05) is 20.4 Å². The number of allylic oxidation sites excluding steroid dienone is 1. The van der Waals surface area contributed by atoms with Crippen molar-refractivity contribution in [3.05, 3.63) is 23.3 Å². The summed E-state index contributed by atoms with van der Waals surface area (Å²) >= 11 is 0. The van der Waals surface area contributed by atoms with Crippen molar-refractivity contribution in [3.8, 4) is 0 Å². The second-order valence-corrected chi connectivity index (χ2v) is 4.05. The first-order chi connectivity index (χ1) is 6.91. The Morgan fingerprint density at radius 3 is 2.40 bits per heavy atom. The van der Waals surface area contributed by atoms with Crippen LogP contribution in [0.3, 0.4) is 0 Å². The number of rotatable bonds is 2. The molecule has 0 N–H and O–H groups in total. The van der Waals surface area contributed by atoms with Crippen LogP contribution in [0.4, 0.5) is 0 Å². The average Bonchev–Trinajstić information content (AvgIpc) is 2.41. The van der Waals surface area contributed by atoms with E-state index in [0.717, 1.165) is 5.57 Å². The van der Waals surface area contributed by atoms with Crippen LogP contribution < -0.4 is 0 Å². The minimum Gasteiger partial charge on any atom is -0.468 e. The van der Waals surface area contributed by atoms with E-state index in [-0.39, 0.29) is 11.7 Å².